The summed E-state index contributed by atoms with van der Waals surface area (Å²) in [6.45, 7) is 2.02. The highest BCUT2D eigenvalue weighted by molar-refractivity contribution is 5.94. The van der Waals surface area contributed by atoms with Gasteiger partial charge in [0.2, 0.25) is 5.91 Å². The Hall–Kier alpha value is -1.58. The second-order valence-electron chi connectivity index (χ2n) is 4.96. The predicted molar refractivity (Wildman–Crippen MR) is 66.8 cm³/mol. The van der Waals surface area contributed by atoms with Crippen molar-refractivity contribution in [2.45, 2.75) is 6.42 Å². The Morgan fingerprint density at radius 3 is 3.00 bits per heavy atom. The first-order chi connectivity index (χ1) is 9.10. The van der Waals surface area contributed by atoms with Gasteiger partial charge in [-0.2, -0.15) is 0 Å². The van der Waals surface area contributed by atoms with E-state index in [1.54, 1.807) is 4.90 Å². The molecule has 2 heterocycles. The van der Waals surface area contributed by atoms with Crippen molar-refractivity contribution in [3.63, 3.8) is 0 Å². The van der Waals surface area contributed by atoms with Gasteiger partial charge in [0, 0.05) is 32.7 Å². The van der Waals surface area contributed by atoms with Gasteiger partial charge in [-0.3, -0.25) is 9.59 Å². The van der Waals surface area contributed by atoms with E-state index in [0.717, 1.165) is 0 Å². The Bertz CT molecular complexity index is 440. The summed E-state index contributed by atoms with van der Waals surface area (Å²) < 4.78 is 10.2. The molecule has 2 saturated heterocycles. The summed E-state index contributed by atoms with van der Waals surface area (Å²) in [6, 6.07) is 0. The van der Waals surface area contributed by atoms with Crippen molar-refractivity contribution in [3.8, 4) is 11.8 Å². The van der Waals surface area contributed by atoms with Crippen LogP contribution in [0.15, 0.2) is 0 Å². The number of nitrogens with zero attached hydrogens (tertiary/aromatic N) is 1. The van der Waals surface area contributed by atoms with Crippen LogP contribution in [0, 0.1) is 23.2 Å². The molecule has 0 aromatic rings. The lowest BCUT2D eigenvalue weighted by atomic mass is 9.74. The minimum atomic E-state index is -0.642. The minimum Gasteiger partial charge on any atom is -0.381 e. The summed E-state index contributed by atoms with van der Waals surface area (Å²) >= 11 is 0. The van der Waals surface area contributed by atoms with Crippen LogP contribution in [0.3, 0.4) is 0 Å². The van der Waals surface area contributed by atoms with Crippen molar-refractivity contribution >= 4 is 11.8 Å². The molecule has 104 valence electrons. The number of fused-ring (bicyclic) bond motifs is 1. The topological polar surface area (TPSA) is 81.9 Å². The fraction of sp³-hybridized carbons (Fsp3) is 0.692. The van der Waals surface area contributed by atoms with Gasteiger partial charge in [0.25, 0.3) is 5.91 Å². The zero-order valence-electron chi connectivity index (χ0n) is 11.0. The summed E-state index contributed by atoms with van der Waals surface area (Å²) in [6.07, 6.45) is 0.572. The molecular formula is C13H18N2O4. The third-order valence-corrected chi connectivity index (χ3v) is 3.90. The van der Waals surface area contributed by atoms with Crippen molar-refractivity contribution < 1.29 is 19.1 Å². The first-order valence-corrected chi connectivity index (χ1v) is 6.24. The molecular weight excluding hydrogens is 248 g/mol. The molecule has 0 unspecified atom stereocenters. The third-order valence-electron chi connectivity index (χ3n) is 3.90. The summed E-state index contributed by atoms with van der Waals surface area (Å²) in [5, 5.41) is 0. The van der Waals surface area contributed by atoms with Crippen LogP contribution in [0.25, 0.3) is 0 Å². The number of amides is 2. The van der Waals surface area contributed by atoms with E-state index in [1.165, 1.54) is 7.11 Å². The van der Waals surface area contributed by atoms with Gasteiger partial charge in [-0.05, 0) is 12.3 Å². The maximum absolute atomic E-state index is 11.9. The van der Waals surface area contributed by atoms with Gasteiger partial charge in [0.05, 0.1) is 12.0 Å². The van der Waals surface area contributed by atoms with Crippen LogP contribution >= 0.6 is 0 Å². The summed E-state index contributed by atoms with van der Waals surface area (Å²) in [5.41, 5.74) is 4.90. The highest BCUT2D eigenvalue weighted by Crippen LogP contribution is 2.41. The standard InChI is InChI=1S/C13H18N2O4/c1-18-5-2-3-11(16)15-7-10-8-19-6-4-13(10,9-15)12(14)17/h10H,4-9H2,1H3,(H2,14,17)/t10-,13+/m1/s1. The van der Waals surface area contributed by atoms with Crippen molar-refractivity contribution in [1.29, 1.82) is 0 Å². The van der Waals surface area contributed by atoms with Gasteiger partial charge in [0.1, 0.15) is 6.61 Å². The molecule has 2 atom stereocenters. The molecule has 0 radical (unpaired) electrons. The summed E-state index contributed by atoms with van der Waals surface area (Å²) in [7, 11) is 1.52. The third kappa shape index (κ3) is 2.57. The van der Waals surface area contributed by atoms with E-state index in [9.17, 15) is 9.59 Å². The molecule has 0 aromatic carbocycles. The quantitative estimate of drug-likeness (QED) is 0.649. The lowest BCUT2D eigenvalue weighted by Gasteiger charge is -2.34. The lowest BCUT2D eigenvalue weighted by molar-refractivity contribution is -0.136. The molecule has 2 amide bonds. The minimum absolute atomic E-state index is 0.0214. The van der Waals surface area contributed by atoms with E-state index in [1.807, 2.05) is 0 Å². The van der Waals surface area contributed by atoms with Gasteiger partial charge in [0.15, 0.2) is 0 Å². The highest BCUT2D eigenvalue weighted by atomic mass is 16.5. The highest BCUT2D eigenvalue weighted by Gasteiger charge is 2.53. The van der Waals surface area contributed by atoms with Crippen LogP contribution in [0.4, 0.5) is 0 Å². The molecule has 0 aromatic heterocycles. The number of rotatable bonds is 2. The number of ether oxygens (including phenoxy) is 2. The molecule has 2 N–H and O–H groups in total. The lowest BCUT2D eigenvalue weighted by Crippen LogP contribution is -2.48. The van der Waals surface area contributed by atoms with E-state index < -0.39 is 5.41 Å². The molecule has 6 nitrogen and oxygen atoms in total. The molecule has 2 fully saturated rings. The van der Waals surface area contributed by atoms with E-state index >= 15 is 0 Å². The van der Waals surface area contributed by atoms with Crippen molar-refractivity contribution in [3.05, 3.63) is 0 Å². The normalized spacial score (nSPS) is 29.3. The Kier molecular flexibility index (Phi) is 4.08. The van der Waals surface area contributed by atoms with E-state index in [4.69, 9.17) is 15.2 Å². The van der Waals surface area contributed by atoms with E-state index in [0.29, 0.717) is 32.7 Å². The average molecular weight is 266 g/mol. The SMILES string of the molecule is COCC#CC(=O)N1C[C@@H]2COCC[C@]2(C(N)=O)C1. The largest absolute Gasteiger partial charge is 0.381 e. The number of carbonyl (C=O) groups is 2. The fourth-order valence-corrected chi connectivity index (χ4v) is 2.77. The number of hydrogen-bond donors (Lipinski definition) is 1. The number of carbonyl (C=O) groups excluding carboxylic acids is 2. The molecule has 0 saturated carbocycles. The van der Waals surface area contributed by atoms with Crippen LogP contribution in [-0.4, -0.2) is 56.7 Å². The molecule has 2 aliphatic heterocycles. The smallest absolute Gasteiger partial charge is 0.298 e. The van der Waals surface area contributed by atoms with Gasteiger partial charge in [-0.1, -0.05) is 5.92 Å². The van der Waals surface area contributed by atoms with Gasteiger partial charge >= 0.3 is 0 Å². The Morgan fingerprint density at radius 2 is 2.37 bits per heavy atom. The molecule has 2 rings (SSSR count). The molecule has 6 heteroatoms. The van der Waals surface area contributed by atoms with Crippen LogP contribution in [0.1, 0.15) is 6.42 Å². The zero-order valence-corrected chi connectivity index (χ0v) is 11.0. The van der Waals surface area contributed by atoms with Crippen molar-refractivity contribution in [2.75, 3.05) is 40.0 Å². The fourth-order valence-electron chi connectivity index (χ4n) is 2.77. The van der Waals surface area contributed by atoms with E-state index in [-0.39, 0.29) is 24.3 Å². The van der Waals surface area contributed by atoms with Gasteiger partial charge in [-0.15, -0.1) is 0 Å². The molecule has 19 heavy (non-hydrogen) atoms. The number of primary amides is 1. The van der Waals surface area contributed by atoms with Gasteiger partial charge < -0.3 is 20.1 Å². The Labute approximate surface area is 112 Å². The van der Waals surface area contributed by atoms with Crippen molar-refractivity contribution in [1.82, 2.24) is 4.90 Å². The monoisotopic (exact) mass is 266 g/mol. The van der Waals surface area contributed by atoms with Gasteiger partial charge in [-0.25, -0.2) is 0 Å². The van der Waals surface area contributed by atoms with Crippen LogP contribution in [0.2, 0.25) is 0 Å². The Morgan fingerprint density at radius 1 is 1.58 bits per heavy atom. The van der Waals surface area contributed by atoms with E-state index in [2.05, 4.69) is 11.8 Å². The molecule has 0 aliphatic carbocycles. The summed E-state index contributed by atoms with van der Waals surface area (Å²) in [4.78, 5) is 25.3. The first-order valence-electron chi connectivity index (χ1n) is 6.24. The number of methoxy groups -OCH3 is 1. The second-order valence-corrected chi connectivity index (χ2v) is 4.96. The maximum Gasteiger partial charge on any atom is 0.298 e. The van der Waals surface area contributed by atoms with Crippen LogP contribution in [0.5, 0.6) is 0 Å². The number of likely N-dealkylation sites (tertiary alicyclic amines) is 1. The average Bonchev–Trinajstić information content (AvgIpc) is 2.79. The summed E-state index contributed by atoms with van der Waals surface area (Å²) in [5.74, 6) is 4.48. The predicted octanol–water partition coefficient (Wildman–Crippen LogP) is -1.01. The first kappa shape index (κ1) is 13.8. The number of hydrogen-bond acceptors (Lipinski definition) is 4. The van der Waals surface area contributed by atoms with Crippen molar-refractivity contribution in [2.24, 2.45) is 17.1 Å². The van der Waals surface area contributed by atoms with Crippen LogP contribution < -0.4 is 5.73 Å². The molecule has 2 aliphatic rings. The zero-order chi connectivity index (χ0) is 13.9. The molecule has 0 spiro atoms. The maximum atomic E-state index is 11.9. The van der Waals surface area contributed by atoms with Crippen LogP contribution in [-0.2, 0) is 19.1 Å². The second kappa shape index (κ2) is 5.59. The number of nitrogens with two attached hydrogens (primary N) is 1. The molecule has 0 bridgehead atoms. The Balaban J connectivity index is 2.10.